The molecular formula is C14H12O4. The third-order valence-electron chi connectivity index (χ3n) is 2.45. The first kappa shape index (κ1) is 12.0. The van der Waals surface area contributed by atoms with Crippen molar-refractivity contribution in [3.63, 3.8) is 0 Å². The molecule has 0 spiro atoms. The molecule has 0 saturated carbocycles. The van der Waals surface area contributed by atoms with E-state index in [1.807, 2.05) is 6.07 Å². The van der Waals surface area contributed by atoms with Crippen LogP contribution in [-0.2, 0) is 0 Å². The van der Waals surface area contributed by atoms with Gasteiger partial charge < -0.3 is 14.6 Å². The molecule has 0 fully saturated rings. The molecule has 0 unspecified atom stereocenters. The van der Waals surface area contributed by atoms with Gasteiger partial charge in [0.2, 0.25) is 0 Å². The second-order valence-corrected chi connectivity index (χ2v) is 3.91. The fraction of sp³-hybridized carbons (Fsp3) is 0.0714. The van der Waals surface area contributed by atoms with Gasteiger partial charge in [-0.25, -0.2) is 0 Å². The van der Waals surface area contributed by atoms with Crippen molar-refractivity contribution in [1.82, 2.24) is 0 Å². The zero-order valence-corrected chi connectivity index (χ0v) is 9.75. The van der Waals surface area contributed by atoms with Crippen molar-refractivity contribution in [2.75, 3.05) is 0 Å². The Kier molecular flexibility index (Phi) is 3.19. The first-order chi connectivity index (χ1) is 8.54. The van der Waals surface area contributed by atoms with Crippen molar-refractivity contribution in [3.05, 3.63) is 57.4 Å². The monoisotopic (exact) mass is 244 g/mol. The van der Waals surface area contributed by atoms with Crippen LogP contribution in [0.1, 0.15) is 16.9 Å². The lowest BCUT2D eigenvalue weighted by atomic mass is 10.1. The predicted octanol–water partition coefficient (Wildman–Crippen LogP) is 2.53. The van der Waals surface area contributed by atoms with E-state index >= 15 is 0 Å². The molecule has 0 radical (unpaired) electrons. The standard InChI is InChI=1S/C14H12O4/c1-9-2-3-10(6-13(9)16)4-5-12-7-11(15)8-14(17)18-12/h2-8,16-17H,1H3/b5-4+. The second-order valence-electron chi connectivity index (χ2n) is 3.91. The van der Waals surface area contributed by atoms with Gasteiger partial charge in [-0.15, -0.1) is 0 Å². The van der Waals surface area contributed by atoms with Crippen molar-refractivity contribution < 1.29 is 14.6 Å². The maximum atomic E-state index is 11.1. The van der Waals surface area contributed by atoms with Crippen LogP contribution in [-0.4, -0.2) is 10.2 Å². The van der Waals surface area contributed by atoms with Crippen LogP contribution in [0.4, 0.5) is 0 Å². The Labute approximate surface area is 103 Å². The quantitative estimate of drug-likeness (QED) is 0.851. The third-order valence-corrected chi connectivity index (χ3v) is 2.45. The third kappa shape index (κ3) is 2.79. The second kappa shape index (κ2) is 4.79. The van der Waals surface area contributed by atoms with Crippen LogP contribution in [0, 0.1) is 6.92 Å². The minimum atomic E-state index is -0.422. The molecule has 0 aliphatic carbocycles. The van der Waals surface area contributed by atoms with Crippen LogP contribution in [0.3, 0.4) is 0 Å². The Balaban J connectivity index is 2.29. The summed E-state index contributed by atoms with van der Waals surface area (Å²) in [6, 6.07) is 7.48. The minimum Gasteiger partial charge on any atom is -0.508 e. The van der Waals surface area contributed by atoms with E-state index in [4.69, 9.17) is 9.52 Å². The van der Waals surface area contributed by atoms with E-state index in [-0.39, 0.29) is 16.9 Å². The maximum Gasteiger partial charge on any atom is 0.286 e. The average Bonchev–Trinajstić information content (AvgIpc) is 2.29. The Hall–Kier alpha value is -2.49. The van der Waals surface area contributed by atoms with E-state index in [9.17, 15) is 9.90 Å². The van der Waals surface area contributed by atoms with Crippen molar-refractivity contribution >= 4 is 12.2 Å². The smallest absolute Gasteiger partial charge is 0.286 e. The van der Waals surface area contributed by atoms with E-state index in [1.165, 1.54) is 6.07 Å². The molecule has 2 aromatic rings. The van der Waals surface area contributed by atoms with Gasteiger partial charge in [-0.05, 0) is 30.2 Å². The fourth-order valence-corrected chi connectivity index (χ4v) is 1.47. The molecule has 2 rings (SSSR count). The fourth-order valence-electron chi connectivity index (χ4n) is 1.47. The molecule has 0 aliphatic rings. The van der Waals surface area contributed by atoms with Crippen LogP contribution in [0.5, 0.6) is 11.7 Å². The molecular weight excluding hydrogens is 232 g/mol. The normalized spacial score (nSPS) is 10.9. The predicted molar refractivity (Wildman–Crippen MR) is 68.4 cm³/mol. The Morgan fingerprint density at radius 3 is 2.56 bits per heavy atom. The summed E-state index contributed by atoms with van der Waals surface area (Å²) in [6.07, 6.45) is 3.22. The van der Waals surface area contributed by atoms with E-state index in [0.717, 1.165) is 17.2 Å². The zero-order valence-electron chi connectivity index (χ0n) is 9.75. The Bertz CT molecular complexity index is 653. The van der Waals surface area contributed by atoms with Crippen LogP contribution >= 0.6 is 0 Å². The molecule has 0 amide bonds. The van der Waals surface area contributed by atoms with Gasteiger partial charge in [0.15, 0.2) is 5.43 Å². The molecule has 18 heavy (non-hydrogen) atoms. The number of hydrogen-bond donors (Lipinski definition) is 2. The average molecular weight is 244 g/mol. The van der Waals surface area contributed by atoms with Gasteiger partial charge in [0, 0.05) is 6.07 Å². The largest absolute Gasteiger partial charge is 0.508 e. The van der Waals surface area contributed by atoms with Gasteiger partial charge in [0.05, 0.1) is 6.07 Å². The summed E-state index contributed by atoms with van der Waals surface area (Å²) >= 11 is 0. The van der Waals surface area contributed by atoms with Crippen molar-refractivity contribution in [3.8, 4) is 11.7 Å². The molecule has 0 saturated heterocycles. The highest BCUT2D eigenvalue weighted by molar-refractivity contribution is 5.68. The van der Waals surface area contributed by atoms with Crippen LogP contribution in [0.25, 0.3) is 12.2 Å². The Morgan fingerprint density at radius 2 is 1.89 bits per heavy atom. The van der Waals surface area contributed by atoms with Gasteiger partial charge in [-0.2, -0.15) is 0 Å². The van der Waals surface area contributed by atoms with Crippen molar-refractivity contribution in [1.29, 1.82) is 0 Å². The summed E-state index contributed by atoms with van der Waals surface area (Å²) in [7, 11) is 0. The summed E-state index contributed by atoms with van der Waals surface area (Å²) in [6.45, 7) is 1.80. The lowest BCUT2D eigenvalue weighted by molar-refractivity contribution is 0.319. The van der Waals surface area contributed by atoms with E-state index < -0.39 is 5.95 Å². The van der Waals surface area contributed by atoms with E-state index in [1.54, 1.807) is 31.2 Å². The van der Waals surface area contributed by atoms with Crippen LogP contribution < -0.4 is 5.43 Å². The van der Waals surface area contributed by atoms with Crippen molar-refractivity contribution in [2.45, 2.75) is 6.92 Å². The van der Waals surface area contributed by atoms with Gasteiger partial charge in [-0.1, -0.05) is 18.2 Å². The van der Waals surface area contributed by atoms with E-state index in [0.29, 0.717) is 0 Å². The lowest BCUT2D eigenvalue weighted by Crippen LogP contribution is -1.95. The molecule has 92 valence electrons. The van der Waals surface area contributed by atoms with Gasteiger partial charge in [0.25, 0.3) is 5.95 Å². The summed E-state index contributed by atoms with van der Waals surface area (Å²) in [4.78, 5) is 11.1. The van der Waals surface area contributed by atoms with Crippen LogP contribution in [0.2, 0.25) is 0 Å². The summed E-state index contributed by atoms with van der Waals surface area (Å²) in [5.74, 6) is 0.0310. The molecule has 0 aliphatic heterocycles. The molecule has 0 atom stereocenters. The number of aryl methyl sites for hydroxylation is 1. The van der Waals surface area contributed by atoms with E-state index in [2.05, 4.69) is 0 Å². The van der Waals surface area contributed by atoms with Gasteiger partial charge in [0.1, 0.15) is 11.5 Å². The number of aromatic hydroxyl groups is 2. The van der Waals surface area contributed by atoms with Gasteiger partial charge in [-0.3, -0.25) is 4.79 Å². The highest BCUT2D eigenvalue weighted by Crippen LogP contribution is 2.19. The first-order valence-electron chi connectivity index (χ1n) is 5.36. The number of phenols is 1. The molecule has 1 aromatic carbocycles. The molecule has 4 nitrogen and oxygen atoms in total. The maximum absolute atomic E-state index is 11.1. The number of hydrogen-bond acceptors (Lipinski definition) is 4. The lowest BCUT2D eigenvalue weighted by Gasteiger charge is -1.99. The van der Waals surface area contributed by atoms with Gasteiger partial charge >= 0.3 is 0 Å². The summed E-state index contributed by atoms with van der Waals surface area (Å²) in [5.41, 5.74) is 1.23. The molecule has 1 aromatic heterocycles. The molecule has 1 heterocycles. The minimum absolute atomic E-state index is 0.203. The SMILES string of the molecule is Cc1ccc(/C=C/c2cc(=O)cc(O)o2)cc1O. The topological polar surface area (TPSA) is 70.7 Å². The molecule has 0 bridgehead atoms. The number of phenolic OH excluding ortho intramolecular Hbond substituents is 1. The first-order valence-corrected chi connectivity index (χ1v) is 5.36. The van der Waals surface area contributed by atoms with Crippen molar-refractivity contribution in [2.24, 2.45) is 0 Å². The molecule has 4 heteroatoms. The number of rotatable bonds is 2. The highest BCUT2D eigenvalue weighted by atomic mass is 16.5. The summed E-state index contributed by atoms with van der Waals surface area (Å²) in [5, 5.41) is 18.7. The Morgan fingerprint density at radius 1 is 1.11 bits per heavy atom. The zero-order chi connectivity index (χ0) is 13.1. The highest BCUT2D eigenvalue weighted by Gasteiger charge is 1.98. The molecule has 2 N–H and O–H groups in total. The number of benzene rings is 1. The van der Waals surface area contributed by atoms with Crippen LogP contribution in [0.15, 0.2) is 39.5 Å². The summed E-state index contributed by atoms with van der Waals surface area (Å²) < 4.78 is 4.94.